The zero-order valence-corrected chi connectivity index (χ0v) is 13.2. The molecule has 0 atom stereocenters. The molecular weight excluding hydrogens is 332 g/mol. The van der Waals surface area contributed by atoms with Crippen molar-refractivity contribution in [2.45, 2.75) is 0 Å². The summed E-state index contributed by atoms with van der Waals surface area (Å²) >= 11 is 7.30. The molecule has 111 valence electrons. The standard InChI is InChI=1S/C6H18N4.C4H2N2S2.Cu/c7-1-3-9-5-6-10-4-2-8;5-1-3(2-6)4(7)8;/h9-10H,1-8H2;7-8H;/q;;+2. The molecule has 0 aromatic rings. The van der Waals surface area contributed by atoms with E-state index >= 15 is 0 Å². The van der Waals surface area contributed by atoms with Gasteiger partial charge in [-0.1, -0.05) is 0 Å². The molecule has 9 heteroatoms. The number of hydrogen-bond donors (Lipinski definition) is 6. The average molecular weight is 352 g/mol. The van der Waals surface area contributed by atoms with E-state index in [0.29, 0.717) is 13.1 Å². The van der Waals surface area contributed by atoms with Gasteiger partial charge < -0.3 is 22.1 Å². The minimum Gasteiger partial charge on any atom is -0.329 e. The predicted molar refractivity (Wildman–Crippen MR) is 80.1 cm³/mol. The molecule has 0 aliphatic rings. The second kappa shape index (κ2) is 20.1. The van der Waals surface area contributed by atoms with Crippen LogP contribution in [0.5, 0.6) is 0 Å². The molecule has 0 saturated carbocycles. The van der Waals surface area contributed by atoms with Crippen molar-refractivity contribution in [2.75, 3.05) is 39.3 Å². The molecule has 0 rings (SSSR count). The van der Waals surface area contributed by atoms with Crippen LogP contribution >= 0.6 is 25.3 Å². The van der Waals surface area contributed by atoms with Gasteiger partial charge in [-0.3, -0.25) is 0 Å². The number of nitriles is 2. The fourth-order valence-corrected chi connectivity index (χ4v) is 0.956. The average Bonchev–Trinajstić information content (AvgIpc) is 2.35. The summed E-state index contributed by atoms with van der Waals surface area (Å²) in [6.45, 7) is 5.14. The summed E-state index contributed by atoms with van der Waals surface area (Å²) in [6, 6.07) is 3.23. The third-order valence-electron chi connectivity index (χ3n) is 1.57. The van der Waals surface area contributed by atoms with E-state index in [1.54, 1.807) is 12.1 Å². The van der Waals surface area contributed by atoms with Gasteiger partial charge in [0.1, 0.15) is 17.7 Å². The van der Waals surface area contributed by atoms with Crippen molar-refractivity contribution < 1.29 is 17.1 Å². The summed E-state index contributed by atoms with van der Waals surface area (Å²) < 4.78 is 0.162. The maximum Gasteiger partial charge on any atom is 2.00 e. The Labute approximate surface area is 136 Å². The number of thiol groups is 2. The van der Waals surface area contributed by atoms with E-state index in [9.17, 15) is 0 Å². The summed E-state index contributed by atoms with van der Waals surface area (Å²) in [7, 11) is 0. The predicted octanol–water partition coefficient (Wildman–Crippen LogP) is -0.815. The molecule has 1 radical (unpaired) electrons. The second-order valence-corrected chi connectivity index (χ2v) is 4.25. The Morgan fingerprint density at radius 1 is 0.895 bits per heavy atom. The number of allylic oxidation sites excluding steroid dienone is 1. The van der Waals surface area contributed by atoms with E-state index in [1.807, 2.05) is 0 Å². The van der Waals surface area contributed by atoms with Gasteiger partial charge in [-0.05, 0) is 0 Å². The first kappa shape index (κ1) is 23.8. The van der Waals surface area contributed by atoms with Gasteiger partial charge in [0.25, 0.3) is 0 Å². The van der Waals surface area contributed by atoms with Crippen LogP contribution in [0.1, 0.15) is 0 Å². The summed E-state index contributed by atoms with van der Waals surface area (Å²) in [5, 5.41) is 22.5. The smallest absolute Gasteiger partial charge is 0.329 e. The Morgan fingerprint density at radius 2 is 1.26 bits per heavy atom. The van der Waals surface area contributed by atoms with Gasteiger partial charge >= 0.3 is 17.1 Å². The van der Waals surface area contributed by atoms with Crippen molar-refractivity contribution in [3.63, 3.8) is 0 Å². The third-order valence-corrected chi connectivity index (χ3v) is 2.02. The van der Waals surface area contributed by atoms with E-state index < -0.39 is 0 Å². The van der Waals surface area contributed by atoms with Gasteiger partial charge in [0.15, 0.2) is 0 Å². The fraction of sp³-hybridized carbons (Fsp3) is 0.600. The van der Waals surface area contributed by atoms with Crippen LogP contribution in [-0.2, 0) is 17.1 Å². The first-order valence-electron chi connectivity index (χ1n) is 5.38. The molecule has 0 unspecified atom stereocenters. The third kappa shape index (κ3) is 20.3. The van der Waals surface area contributed by atoms with E-state index in [0.717, 1.165) is 26.2 Å². The van der Waals surface area contributed by atoms with Crippen molar-refractivity contribution >= 4 is 25.3 Å². The molecule has 0 aromatic heterocycles. The Bertz CT molecular complexity index is 282. The van der Waals surface area contributed by atoms with E-state index in [4.69, 9.17) is 22.0 Å². The zero-order chi connectivity index (χ0) is 14.2. The first-order valence-corrected chi connectivity index (χ1v) is 6.27. The summed E-state index contributed by atoms with van der Waals surface area (Å²) in [5.74, 6) is 0. The van der Waals surface area contributed by atoms with Crippen molar-refractivity contribution in [1.29, 1.82) is 10.5 Å². The number of hydrogen-bond acceptors (Lipinski definition) is 8. The number of rotatable bonds is 7. The van der Waals surface area contributed by atoms with Crippen LogP contribution in [0.4, 0.5) is 0 Å². The molecule has 0 heterocycles. The molecular formula is C10H20CuN6S2+2. The van der Waals surface area contributed by atoms with Gasteiger partial charge in [-0.25, -0.2) is 0 Å². The van der Waals surface area contributed by atoms with Crippen LogP contribution < -0.4 is 22.1 Å². The first-order chi connectivity index (χ1) is 8.63. The van der Waals surface area contributed by atoms with Gasteiger partial charge in [-0.15, -0.1) is 25.3 Å². The molecule has 6 nitrogen and oxygen atoms in total. The topological polar surface area (TPSA) is 124 Å². The maximum absolute atomic E-state index is 8.07. The Kier molecular flexibility index (Phi) is 25.2. The largest absolute Gasteiger partial charge is 2.00 e. The second-order valence-electron chi connectivity index (χ2n) is 3.00. The molecule has 0 saturated heterocycles. The monoisotopic (exact) mass is 351 g/mol. The van der Waals surface area contributed by atoms with Crippen LogP contribution in [-0.4, -0.2) is 39.3 Å². The summed E-state index contributed by atoms with van der Waals surface area (Å²) in [4.78, 5) is 0. The van der Waals surface area contributed by atoms with Crippen LogP contribution in [0.15, 0.2) is 9.81 Å². The van der Waals surface area contributed by atoms with Crippen molar-refractivity contribution in [2.24, 2.45) is 11.5 Å². The number of nitrogens with zero attached hydrogens (tertiary/aromatic N) is 2. The molecule has 0 aliphatic carbocycles. The van der Waals surface area contributed by atoms with Crippen LogP contribution in [0.3, 0.4) is 0 Å². The zero-order valence-electron chi connectivity index (χ0n) is 10.5. The molecule has 0 amide bonds. The molecule has 19 heavy (non-hydrogen) atoms. The van der Waals surface area contributed by atoms with Crippen LogP contribution in [0, 0.1) is 22.7 Å². The molecule has 6 N–H and O–H groups in total. The summed E-state index contributed by atoms with van der Waals surface area (Å²) in [6.07, 6.45) is 0. The van der Waals surface area contributed by atoms with Crippen molar-refractivity contribution in [1.82, 2.24) is 10.6 Å². The Balaban J connectivity index is -0.000000262. The summed E-state index contributed by atoms with van der Waals surface area (Å²) in [5.41, 5.74) is 10.5. The van der Waals surface area contributed by atoms with Gasteiger partial charge in [0, 0.05) is 39.3 Å². The van der Waals surface area contributed by atoms with Crippen LogP contribution in [0.25, 0.3) is 0 Å². The van der Waals surface area contributed by atoms with Crippen molar-refractivity contribution in [3.8, 4) is 12.1 Å². The maximum atomic E-state index is 8.07. The minimum absolute atomic E-state index is 0. The molecule has 0 aromatic carbocycles. The normalized spacial score (nSPS) is 8.11. The number of nitrogens with one attached hydrogen (secondary N) is 2. The van der Waals surface area contributed by atoms with E-state index in [2.05, 4.69) is 35.9 Å². The number of nitrogens with two attached hydrogens (primary N) is 2. The van der Waals surface area contributed by atoms with Crippen molar-refractivity contribution in [3.05, 3.63) is 9.81 Å². The van der Waals surface area contributed by atoms with Gasteiger partial charge in [0.05, 0.1) is 4.24 Å². The quantitative estimate of drug-likeness (QED) is 0.154. The molecule has 0 spiro atoms. The molecule has 0 aliphatic heterocycles. The fourth-order valence-electron chi connectivity index (χ4n) is 0.756. The minimum atomic E-state index is -0.0586. The SMILES string of the molecule is N#CC(C#N)=C(S)S.NCCNCCNCCN.[Cu+2]. The van der Waals surface area contributed by atoms with Gasteiger partial charge in [0.2, 0.25) is 0 Å². The molecule has 0 fully saturated rings. The Hall–Kier alpha value is -0.221. The molecule has 0 bridgehead atoms. The van der Waals surface area contributed by atoms with E-state index in [-0.39, 0.29) is 26.9 Å². The van der Waals surface area contributed by atoms with Gasteiger partial charge in [-0.2, -0.15) is 10.5 Å². The Morgan fingerprint density at radius 3 is 1.42 bits per heavy atom. The van der Waals surface area contributed by atoms with Crippen LogP contribution in [0.2, 0.25) is 0 Å². The van der Waals surface area contributed by atoms with E-state index in [1.165, 1.54) is 0 Å².